The lowest BCUT2D eigenvalue weighted by atomic mass is 10.4. The minimum atomic E-state index is -0.563. The number of nitrogens with two attached hydrogens (primary N) is 1. The van der Waals surface area contributed by atoms with Crippen molar-refractivity contribution in [3.63, 3.8) is 0 Å². The molecule has 0 radical (unpaired) electrons. The minimum Gasteiger partial charge on any atom is -0.461 e. The zero-order chi connectivity index (χ0) is 13.8. The van der Waals surface area contributed by atoms with Gasteiger partial charge in [0.15, 0.2) is 5.69 Å². The lowest BCUT2D eigenvalue weighted by Gasteiger charge is -2.15. The second-order valence-electron chi connectivity index (χ2n) is 4.41. The molecule has 7 nitrogen and oxygen atoms in total. The van der Waals surface area contributed by atoms with Gasteiger partial charge in [-0.1, -0.05) is 0 Å². The van der Waals surface area contributed by atoms with E-state index in [1.54, 1.807) is 11.8 Å². The van der Waals surface area contributed by atoms with Gasteiger partial charge in [0, 0.05) is 13.1 Å². The average molecular weight is 266 g/mol. The Morgan fingerprint density at radius 1 is 1.42 bits per heavy atom. The van der Waals surface area contributed by atoms with E-state index in [0.29, 0.717) is 0 Å². The van der Waals surface area contributed by atoms with Gasteiger partial charge in [-0.2, -0.15) is 0 Å². The number of carbonyl (C=O) groups is 2. The first kappa shape index (κ1) is 13.4. The maximum atomic E-state index is 12.0. The van der Waals surface area contributed by atoms with E-state index in [-0.39, 0.29) is 30.6 Å². The summed E-state index contributed by atoms with van der Waals surface area (Å²) < 4.78 is 6.32. The highest BCUT2D eigenvalue weighted by molar-refractivity contribution is 5.92. The fraction of sp³-hybridized carbons (Fsp3) is 0.583. The number of nitrogen functional groups attached to an aromatic ring is 1. The average Bonchev–Trinajstić information content (AvgIpc) is 3.01. The SMILES string of the molecule is CCOC(=O)c1ncn(CC(=O)N2CCCC2)c1N. The molecule has 1 amide bonds. The maximum absolute atomic E-state index is 12.0. The molecule has 1 fully saturated rings. The van der Waals surface area contributed by atoms with Crippen LogP contribution in [0.4, 0.5) is 5.82 Å². The third-order valence-electron chi connectivity index (χ3n) is 3.11. The molecule has 0 saturated carbocycles. The largest absolute Gasteiger partial charge is 0.461 e. The van der Waals surface area contributed by atoms with Gasteiger partial charge in [0.05, 0.1) is 12.9 Å². The van der Waals surface area contributed by atoms with Crippen LogP contribution in [0.2, 0.25) is 0 Å². The summed E-state index contributed by atoms with van der Waals surface area (Å²) in [4.78, 5) is 29.2. The predicted molar refractivity (Wildman–Crippen MR) is 68.4 cm³/mol. The van der Waals surface area contributed by atoms with Crippen LogP contribution in [0.1, 0.15) is 30.3 Å². The summed E-state index contributed by atoms with van der Waals surface area (Å²) in [6.07, 6.45) is 3.48. The number of likely N-dealkylation sites (tertiary alicyclic amines) is 1. The Labute approximate surface area is 111 Å². The molecule has 19 heavy (non-hydrogen) atoms. The summed E-state index contributed by atoms with van der Waals surface area (Å²) in [6.45, 7) is 3.66. The number of esters is 1. The van der Waals surface area contributed by atoms with Crippen molar-refractivity contribution in [3.8, 4) is 0 Å². The maximum Gasteiger partial charge on any atom is 0.360 e. The van der Waals surface area contributed by atoms with Gasteiger partial charge in [-0.25, -0.2) is 9.78 Å². The number of carbonyl (C=O) groups excluding carboxylic acids is 2. The Morgan fingerprint density at radius 2 is 2.11 bits per heavy atom. The number of amides is 1. The molecule has 0 aromatic carbocycles. The van der Waals surface area contributed by atoms with Gasteiger partial charge in [-0.3, -0.25) is 4.79 Å². The zero-order valence-corrected chi connectivity index (χ0v) is 11.0. The summed E-state index contributed by atoms with van der Waals surface area (Å²) in [7, 11) is 0. The first-order valence-corrected chi connectivity index (χ1v) is 6.39. The van der Waals surface area contributed by atoms with Crippen LogP contribution in [-0.2, 0) is 16.1 Å². The molecule has 0 atom stereocenters. The van der Waals surface area contributed by atoms with E-state index in [1.807, 2.05) is 0 Å². The van der Waals surface area contributed by atoms with Gasteiger partial charge in [-0.15, -0.1) is 0 Å². The molecular formula is C12H18N4O3. The molecule has 2 rings (SSSR count). The van der Waals surface area contributed by atoms with E-state index in [9.17, 15) is 9.59 Å². The highest BCUT2D eigenvalue weighted by Gasteiger charge is 2.21. The van der Waals surface area contributed by atoms with Gasteiger partial charge < -0.3 is 19.9 Å². The van der Waals surface area contributed by atoms with Crippen molar-refractivity contribution in [2.75, 3.05) is 25.4 Å². The molecule has 7 heteroatoms. The monoisotopic (exact) mass is 266 g/mol. The summed E-state index contributed by atoms with van der Waals surface area (Å²) in [5.74, 6) is -0.393. The van der Waals surface area contributed by atoms with Crippen molar-refractivity contribution < 1.29 is 14.3 Å². The summed E-state index contributed by atoms with van der Waals surface area (Å²) >= 11 is 0. The van der Waals surface area contributed by atoms with Crippen LogP contribution in [0.25, 0.3) is 0 Å². The Balaban J connectivity index is 2.05. The predicted octanol–water partition coefficient (Wildman–Crippen LogP) is 0.264. The normalized spacial score (nSPS) is 14.7. The van der Waals surface area contributed by atoms with Crippen molar-refractivity contribution in [2.24, 2.45) is 0 Å². The number of rotatable bonds is 4. The van der Waals surface area contributed by atoms with Crippen molar-refractivity contribution in [3.05, 3.63) is 12.0 Å². The number of hydrogen-bond acceptors (Lipinski definition) is 5. The summed E-state index contributed by atoms with van der Waals surface area (Å²) in [5.41, 5.74) is 5.88. The van der Waals surface area contributed by atoms with Crippen LogP contribution in [0.3, 0.4) is 0 Å². The van der Waals surface area contributed by atoms with E-state index in [2.05, 4.69) is 4.98 Å². The fourth-order valence-corrected chi connectivity index (χ4v) is 2.09. The lowest BCUT2D eigenvalue weighted by Crippen LogP contribution is -2.31. The van der Waals surface area contributed by atoms with Crippen LogP contribution < -0.4 is 5.73 Å². The Bertz CT molecular complexity index is 477. The standard InChI is InChI=1S/C12H18N4O3/c1-2-19-12(18)10-11(13)16(8-14-10)7-9(17)15-5-3-4-6-15/h8H,2-7,13H2,1H3. The van der Waals surface area contributed by atoms with Crippen molar-refractivity contribution in [2.45, 2.75) is 26.3 Å². The molecule has 0 aliphatic carbocycles. The quantitative estimate of drug-likeness (QED) is 0.790. The highest BCUT2D eigenvalue weighted by atomic mass is 16.5. The molecule has 0 spiro atoms. The smallest absolute Gasteiger partial charge is 0.360 e. The lowest BCUT2D eigenvalue weighted by molar-refractivity contribution is -0.130. The topological polar surface area (TPSA) is 90.4 Å². The van der Waals surface area contributed by atoms with E-state index < -0.39 is 5.97 Å². The van der Waals surface area contributed by atoms with Gasteiger partial charge in [0.1, 0.15) is 12.4 Å². The second kappa shape index (κ2) is 5.73. The molecule has 1 aliphatic heterocycles. The Hall–Kier alpha value is -2.05. The van der Waals surface area contributed by atoms with Crippen molar-refractivity contribution >= 4 is 17.7 Å². The molecule has 1 aliphatic rings. The Morgan fingerprint density at radius 3 is 2.74 bits per heavy atom. The zero-order valence-electron chi connectivity index (χ0n) is 11.0. The molecule has 1 saturated heterocycles. The van der Waals surface area contributed by atoms with E-state index >= 15 is 0 Å². The van der Waals surface area contributed by atoms with Gasteiger partial charge in [0.2, 0.25) is 5.91 Å². The van der Waals surface area contributed by atoms with Crippen molar-refractivity contribution in [1.82, 2.24) is 14.5 Å². The Kier molecular flexibility index (Phi) is 4.03. The third-order valence-corrected chi connectivity index (χ3v) is 3.11. The second-order valence-corrected chi connectivity index (χ2v) is 4.41. The van der Waals surface area contributed by atoms with Gasteiger partial charge in [-0.05, 0) is 19.8 Å². The molecule has 104 valence electrons. The van der Waals surface area contributed by atoms with E-state index in [4.69, 9.17) is 10.5 Å². The van der Waals surface area contributed by atoms with Crippen LogP contribution >= 0.6 is 0 Å². The van der Waals surface area contributed by atoms with Gasteiger partial charge in [0.25, 0.3) is 0 Å². The van der Waals surface area contributed by atoms with Crippen LogP contribution in [0, 0.1) is 0 Å². The molecular weight excluding hydrogens is 248 g/mol. The molecule has 1 aromatic heterocycles. The van der Waals surface area contributed by atoms with Crippen LogP contribution in [0.5, 0.6) is 0 Å². The highest BCUT2D eigenvalue weighted by Crippen LogP contribution is 2.13. The molecule has 2 N–H and O–H groups in total. The van der Waals surface area contributed by atoms with E-state index in [1.165, 1.54) is 10.9 Å². The summed E-state index contributed by atoms with van der Waals surface area (Å²) in [6, 6.07) is 0. The number of anilines is 1. The third kappa shape index (κ3) is 2.86. The minimum absolute atomic E-state index is 0.00277. The fourth-order valence-electron chi connectivity index (χ4n) is 2.09. The van der Waals surface area contributed by atoms with Crippen LogP contribution in [0.15, 0.2) is 6.33 Å². The first-order chi connectivity index (χ1) is 9.13. The number of aromatic nitrogens is 2. The van der Waals surface area contributed by atoms with Gasteiger partial charge >= 0.3 is 5.97 Å². The number of ether oxygens (including phenoxy) is 1. The molecule has 0 unspecified atom stereocenters. The molecule has 0 bridgehead atoms. The molecule has 2 heterocycles. The van der Waals surface area contributed by atoms with E-state index in [0.717, 1.165) is 25.9 Å². The molecule has 1 aromatic rings. The number of imidazole rings is 1. The first-order valence-electron chi connectivity index (χ1n) is 6.39. The number of nitrogens with zero attached hydrogens (tertiary/aromatic N) is 3. The summed E-state index contributed by atoms with van der Waals surface area (Å²) in [5, 5.41) is 0. The number of hydrogen-bond donors (Lipinski definition) is 1. The van der Waals surface area contributed by atoms with Crippen molar-refractivity contribution in [1.29, 1.82) is 0 Å². The van der Waals surface area contributed by atoms with Crippen LogP contribution in [-0.4, -0.2) is 46.0 Å².